The minimum absolute atomic E-state index is 0.0252. The molecular formula is C11H12N4O3S. The van der Waals surface area contributed by atoms with Gasteiger partial charge in [0.25, 0.3) is 10.9 Å². The molecule has 0 spiro atoms. The van der Waals surface area contributed by atoms with E-state index < -0.39 is 4.92 Å². The number of non-ortho nitro benzene ring substituents is 1. The molecule has 1 heterocycles. The zero-order valence-corrected chi connectivity index (χ0v) is 11.2. The Kier molecular flexibility index (Phi) is 4.00. The van der Waals surface area contributed by atoms with Gasteiger partial charge in [0.05, 0.1) is 4.92 Å². The molecular weight excluding hydrogens is 268 g/mol. The van der Waals surface area contributed by atoms with Gasteiger partial charge >= 0.3 is 0 Å². The van der Waals surface area contributed by atoms with E-state index in [9.17, 15) is 10.1 Å². The second-order valence-corrected chi connectivity index (χ2v) is 4.72. The van der Waals surface area contributed by atoms with E-state index in [1.54, 1.807) is 13.0 Å². The minimum atomic E-state index is -0.427. The maximum atomic E-state index is 10.9. The SMILES string of the molecule is CCNc1cc(Sc2nnc(C)o2)cc([N+](=O)[O-])c1. The summed E-state index contributed by atoms with van der Waals surface area (Å²) < 4.78 is 5.24. The molecule has 19 heavy (non-hydrogen) atoms. The van der Waals surface area contributed by atoms with E-state index in [0.29, 0.717) is 28.2 Å². The molecule has 1 aromatic carbocycles. The number of aromatic nitrogens is 2. The molecule has 2 aromatic rings. The van der Waals surface area contributed by atoms with E-state index in [-0.39, 0.29) is 5.69 Å². The Labute approximate surface area is 113 Å². The molecule has 0 aliphatic carbocycles. The number of aryl methyl sites for hydroxylation is 1. The van der Waals surface area contributed by atoms with E-state index in [4.69, 9.17) is 4.42 Å². The Balaban J connectivity index is 2.30. The van der Waals surface area contributed by atoms with Crippen LogP contribution in [0.2, 0.25) is 0 Å². The first-order valence-electron chi connectivity index (χ1n) is 5.60. The van der Waals surface area contributed by atoms with Crippen LogP contribution in [0.25, 0.3) is 0 Å². The maximum Gasteiger partial charge on any atom is 0.281 e. The summed E-state index contributed by atoms with van der Waals surface area (Å²) in [6, 6.07) is 4.78. The van der Waals surface area contributed by atoms with Gasteiger partial charge in [0.2, 0.25) is 5.89 Å². The molecule has 0 saturated carbocycles. The van der Waals surface area contributed by atoms with Crippen molar-refractivity contribution < 1.29 is 9.34 Å². The summed E-state index contributed by atoms with van der Waals surface area (Å²) in [6.45, 7) is 4.30. The Hall–Kier alpha value is -2.09. The Morgan fingerprint density at radius 1 is 1.42 bits per heavy atom. The van der Waals surface area contributed by atoms with Gasteiger partial charge in [0.1, 0.15) is 0 Å². The molecule has 0 aliphatic heterocycles. The van der Waals surface area contributed by atoms with E-state index in [1.807, 2.05) is 6.92 Å². The van der Waals surface area contributed by atoms with Crippen molar-refractivity contribution in [1.29, 1.82) is 0 Å². The highest BCUT2D eigenvalue weighted by Crippen LogP contribution is 2.32. The van der Waals surface area contributed by atoms with Gasteiger partial charge < -0.3 is 9.73 Å². The van der Waals surface area contributed by atoms with E-state index in [1.165, 1.54) is 23.9 Å². The van der Waals surface area contributed by atoms with Gasteiger partial charge in [-0.05, 0) is 24.8 Å². The Morgan fingerprint density at radius 2 is 2.21 bits per heavy atom. The quantitative estimate of drug-likeness (QED) is 0.664. The number of nitrogens with one attached hydrogen (secondary N) is 1. The lowest BCUT2D eigenvalue weighted by Crippen LogP contribution is -1.98. The number of hydrogen-bond acceptors (Lipinski definition) is 7. The van der Waals surface area contributed by atoms with Crippen LogP contribution in [0.4, 0.5) is 11.4 Å². The number of rotatable bonds is 5. The van der Waals surface area contributed by atoms with Crippen molar-refractivity contribution in [2.75, 3.05) is 11.9 Å². The standard InChI is InChI=1S/C11H12N4O3S/c1-3-12-8-4-9(15(16)17)6-10(5-8)19-11-14-13-7(2)18-11/h4-6,12H,3H2,1-2H3. The topological polar surface area (TPSA) is 94.1 Å². The summed E-state index contributed by atoms with van der Waals surface area (Å²) in [5, 5.41) is 21.9. The molecule has 8 heteroatoms. The molecule has 7 nitrogen and oxygen atoms in total. The van der Waals surface area contributed by atoms with Crippen molar-refractivity contribution in [2.24, 2.45) is 0 Å². The number of nitro benzene ring substituents is 1. The zero-order chi connectivity index (χ0) is 13.8. The number of anilines is 1. The monoisotopic (exact) mass is 280 g/mol. The van der Waals surface area contributed by atoms with Crippen LogP contribution in [0.15, 0.2) is 32.7 Å². The van der Waals surface area contributed by atoms with Crippen LogP contribution in [0.1, 0.15) is 12.8 Å². The molecule has 0 bridgehead atoms. The Morgan fingerprint density at radius 3 is 2.79 bits per heavy atom. The van der Waals surface area contributed by atoms with Crippen LogP contribution in [0.5, 0.6) is 0 Å². The average molecular weight is 280 g/mol. The first-order valence-corrected chi connectivity index (χ1v) is 6.41. The fourth-order valence-corrected chi connectivity index (χ4v) is 2.29. The van der Waals surface area contributed by atoms with Crippen LogP contribution in [-0.2, 0) is 0 Å². The summed E-state index contributed by atoms with van der Waals surface area (Å²) in [6.07, 6.45) is 0. The van der Waals surface area contributed by atoms with E-state index in [0.717, 1.165) is 0 Å². The third-order valence-electron chi connectivity index (χ3n) is 2.20. The lowest BCUT2D eigenvalue weighted by molar-refractivity contribution is -0.385. The van der Waals surface area contributed by atoms with Gasteiger partial charge in [-0.2, -0.15) is 0 Å². The summed E-state index contributed by atoms with van der Waals surface area (Å²) in [7, 11) is 0. The normalized spacial score (nSPS) is 10.4. The fraction of sp³-hybridized carbons (Fsp3) is 0.273. The largest absolute Gasteiger partial charge is 0.416 e. The van der Waals surface area contributed by atoms with Gasteiger partial charge in [-0.3, -0.25) is 10.1 Å². The van der Waals surface area contributed by atoms with Gasteiger partial charge in [0.15, 0.2) is 0 Å². The molecule has 0 unspecified atom stereocenters. The number of benzene rings is 1. The molecule has 0 aliphatic rings. The number of hydrogen-bond donors (Lipinski definition) is 1. The van der Waals surface area contributed by atoms with E-state index >= 15 is 0 Å². The third-order valence-corrected chi connectivity index (χ3v) is 3.01. The highest BCUT2D eigenvalue weighted by molar-refractivity contribution is 7.99. The smallest absolute Gasteiger partial charge is 0.281 e. The van der Waals surface area contributed by atoms with Gasteiger partial charge in [0, 0.05) is 36.2 Å². The molecule has 2 rings (SSSR count). The van der Waals surface area contributed by atoms with E-state index in [2.05, 4.69) is 15.5 Å². The second-order valence-electron chi connectivity index (χ2n) is 3.69. The molecule has 0 fully saturated rings. The molecule has 0 amide bonds. The lowest BCUT2D eigenvalue weighted by Gasteiger charge is -2.05. The predicted molar refractivity (Wildman–Crippen MR) is 70.4 cm³/mol. The van der Waals surface area contributed by atoms with Crippen molar-refractivity contribution in [2.45, 2.75) is 24.0 Å². The summed E-state index contributed by atoms with van der Waals surface area (Å²) in [5.41, 5.74) is 0.715. The summed E-state index contributed by atoms with van der Waals surface area (Å²) in [5.74, 6) is 0.458. The second kappa shape index (κ2) is 5.70. The zero-order valence-electron chi connectivity index (χ0n) is 10.4. The van der Waals surface area contributed by atoms with Gasteiger partial charge in [-0.15, -0.1) is 10.2 Å². The van der Waals surface area contributed by atoms with Crippen LogP contribution in [0, 0.1) is 17.0 Å². The maximum absolute atomic E-state index is 10.9. The fourth-order valence-electron chi connectivity index (χ4n) is 1.47. The average Bonchev–Trinajstić information content (AvgIpc) is 2.75. The summed E-state index contributed by atoms with van der Waals surface area (Å²) in [4.78, 5) is 11.1. The number of nitro groups is 1. The first-order chi connectivity index (χ1) is 9.08. The van der Waals surface area contributed by atoms with Crippen molar-refractivity contribution >= 4 is 23.1 Å². The van der Waals surface area contributed by atoms with Crippen molar-refractivity contribution in [3.63, 3.8) is 0 Å². The molecule has 0 atom stereocenters. The van der Waals surface area contributed by atoms with Crippen LogP contribution >= 0.6 is 11.8 Å². The van der Waals surface area contributed by atoms with Crippen molar-refractivity contribution in [3.05, 3.63) is 34.2 Å². The molecule has 100 valence electrons. The highest BCUT2D eigenvalue weighted by Gasteiger charge is 2.12. The minimum Gasteiger partial charge on any atom is -0.416 e. The third kappa shape index (κ3) is 3.44. The van der Waals surface area contributed by atoms with Crippen LogP contribution in [-0.4, -0.2) is 21.7 Å². The predicted octanol–water partition coefficient (Wildman–Crippen LogP) is 2.87. The van der Waals surface area contributed by atoms with Crippen LogP contribution < -0.4 is 5.32 Å². The highest BCUT2D eigenvalue weighted by atomic mass is 32.2. The van der Waals surface area contributed by atoms with Crippen molar-refractivity contribution in [1.82, 2.24) is 10.2 Å². The molecule has 0 saturated heterocycles. The van der Waals surface area contributed by atoms with Crippen molar-refractivity contribution in [3.8, 4) is 0 Å². The van der Waals surface area contributed by atoms with Crippen LogP contribution in [0.3, 0.4) is 0 Å². The molecule has 0 radical (unpaired) electrons. The Bertz CT molecular complexity index is 599. The number of nitrogens with zero attached hydrogens (tertiary/aromatic N) is 3. The lowest BCUT2D eigenvalue weighted by atomic mass is 10.3. The van der Waals surface area contributed by atoms with Gasteiger partial charge in [-0.25, -0.2) is 0 Å². The summed E-state index contributed by atoms with van der Waals surface area (Å²) >= 11 is 1.20. The van der Waals surface area contributed by atoms with Gasteiger partial charge in [-0.1, -0.05) is 0 Å². The molecule has 1 aromatic heterocycles. The first kappa shape index (κ1) is 13.3. The molecule has 1 N–H and O–H groups in total.